The Hall–Kier alpha value is -2.28. The van der Waals surface area contributed by atoms with Crippen LogP contribution in [0.25, 0.3) is 22.0 Å². The van der Waals surface area contributed by atoms with E-state index in [0.29, 0.717) is 10.5 Å². The molecule has 0 aliphatic carbocycles. The van der Waals surface area contributed by atoms with Crippen LogP contribution in [0.2, 0.25) is 10.0 Å². The third-order valence-corrected chi connectivity index (χ3v) is 6.89. The molecule has 4 nitrogen and oxygen atoms in total. The van der Waals surface area contributed by atoms with Gasteiger partial charge in [0.15, 0.2) is 0 Å². The Morgan fingerprint density at radius 2 is 1.56 bits per heavy atom. The van der Waals surface area contributed by atoms with Crippen molar-refractivity contribution in [2.75, 3.05) is 13.1 Å². The number of benzene rings is 3. The minimum Gasteiger partial charge on any atom is -0.423 e. The van der Waals surface area contributed by atoms with Crippen LogP contribution in [0.15, 0.2) is 72.8 Å². The van der Waals surface area contributed by atoms with Gasteiger partial charge in [0.2, 0.25) is 0 Å². The van der Waals surface area contributed by atoms with Gasteiger partial charge in [0, 0.05) is 45.6 Å². The molecule has 0 spiro atoms. The smallest absolute Gasteiger partial charge is 0.423 e. The van der Waals surface area contributed by atoms with Crippen molar-refractivity contribution in [1.29, 1.82) is 0 Å². The SMILES string of the molecule is C[C@@H]1CCCN1CCc1cc2cc(-c3ccc(Cl)cc3)ccc2[nH]1.OB(O)c1ccc(Cl)cc1. The van der Waals surface area contributed by atoms with Gasteiger partial charge in [0.25, 0.3) is 0 Å². The summed E-state index contributed by atoms with van der Waals surface area (Å²) in [5.41, 5.74) is 5.44. The second kappa shape index (κ2) is 11.4. The molecule has 3 N–H and O–H groups in total. The summed E-state index contributed by atoms with van der Waals surface area (Å²) in [6.07, 6.45) is 3.78. The number of aromatic amines is 1. The van der Waals surface area contributed by atoms with E-state index in [1.54, 1.807) is 24.3 Å². The second-order valence-corrected chi connectivity index (χ2v) is 9.68. The van der Waals surface area contributed by atoms with Crippen molar-refractivity contribution in [3.63, 3.8) is 0 Å². The van der Waals surface area contributed by atoms with Gasteiger partial charge in [-0.05, 0) is 85.4 Å². The fraction of sp³-hybridized carbons (Fsp3) is 0.259. The first-order valence-electron chi connectivity index (χ1n) is 11.6. The van der Waals surface area contributed by atoms with Crippen molar-refractivity contribution in [3.05, 3.63) is 88.5 Å². The molecule has 4 aromatic rings. The molecule has 5 rings (SSSR count). The fourth-order valence-electron chi connectivity index (χ4n) is 4.37. The summed E-state index contributed by atoms with van der Waals surface area (Å²) >= 11 is 11.5. The summed E-state index contributed by atoms with van der Waals surface area (Å²) < 4.78 is 0. The van der Waals surface area contributed by atoms with Crippen molar-refractivity contribution < 1.29 is 10.0 Å². The molecule has 7 heteroatoms. The minimum absolute atomic E-state index is 0.449. The lowest BCUT2D eigenvalue weighted by atomic mass is 9.81. The highest BCUT2D eigenvalue weighted by atomic mass is 35.5. The molecule has 1 aliphatic heterocycles. The maximum atomic E-state index is 8.63. The Balaban J connectivity index is 0.000000231. The first kappa shape index (κ1) is 24.8. The number of fused-ring (bicyclic) bond motifs is 1. The van der Waals surface area contributed by atoms with E-state index >= 15 is 0 Å². The maximum Gasteiger partial charge on any atom is 0.488 e. The predicted molar refractivity (Wildman–Crippen MR) is 144 cm³/mol. The van der Waals surface area contributed by atoms with Gasteiger partial charge in [0.1, 0.15) is 0 Å². The van der Waals surface area contributed by atoms with Crippen LogP contribution in [-0.2, 0) is 6.42 Å². The van der Waals surface area contributed by atoms with Crippen LogP contribution < -0.4 is 5.46 Å². The van der Waals surface area contributed by atoms with Crippen LogP contribution >= 0.6 is 23.2 Å². The number of nitrogens with one attached hydrogen (secondary N) is 1. The van der Waals surface area contributed by atoms with Gasteiger partial charge in [-0.15, -0.1) is 0 Å². The van der Waals surface area contributed by atoms with Gasteiger partial charge >= 0.3 is 7.12 Å². The molecule has 0 unspecified atom stereocenters. The van der Waals surface area contributed by atoms with Crippen LogP contribution in [0, 0.1) is 0 Å². The molecular weight excluding hydrogens is 466 g/mol. The zero-order valence-corrected chi connectivity index (χ0v) is 20.7. The highest BCUT2D eigenvalue weighted by molar-refractivity contribution is 6.58. The summed E-state index contributed by atoms with van der Waals surface area (Å²) in [5, 5.41) is 19.9. The number of hydrogen-bond donors (Lipinski definition) is 3. The number of likely N-dealkylation sites (tertiary alicyclic amines) is 1. The molecule has 0 bridgehead atoms. The first-order valence-corrected chi connectivity index (χ1v) is 12.4. The largest absolute Gasteiger partial charge is 0.488 e. The molecule has 176 valence electrons. The zero-order valence-electron chi connectivity index (χ0n) is 19.2. The summed E-state index contributed by atoms with van der Waals surface area (Å²) in [4.78, 5) is 6.18. The Kier molecular flexibility index (Phi) is 8.35. The zero-order chi connectivity index (χ0) is 24.1. The van der Waals surface area contributed by atoms with Gasteiger partial charge in [0.05, 0.1) is 0 Å². The van der Waals surface area contributed by atoms with Crippen molar-refractivity contribution in [2.24, 2.45) is 0 Å². The standard InChI is InChI=1S/C21H23ClN2.C6H6BClO2/c1-15-3-2-11-24(15)12-10-20-14-18-13-17(6-9-21(18)23-20)16-4-7-19(22)8-5-16;8-6-3-1-5(2-4-6)7(9)10/h4-9,13-15,23H,2-3,10-12H2,1H3;1-4,9-10H/t15-;/m1./s1. The van der Waals surface area contributed by atoms with E-state index in [0.717, 1.165) is 24.0 Å². The van der Waals surface area contributed by atoms with Crippen molar-refractivity contribution in [1.82, 2.24) is 9.88 Å². The van der Waals surface area contributed by atoms with Gasteiger partial charge in [-0.25, -0.2) is 0 Å². The third-order valence-electron chi connectivity index (χ3n) is 6.38. The van der Waals surface area contributed by atoms with E-state index in [9.17, 15) is 0 Å². The number of nitrogens with zero attached hydrogens (tertiary/aromatic N) is 1. The average Bonchev–Trinajstić information content (AvgIpc) is 3.43. The molecule has 1 fully saturated rings. The number of H-pyrrole nitrogens is 1. The molecule has 1 aliphatic rings. The summed E-state index contributed by atoms with van der Waals surface area (Å²) in [7, 11) is -1.41. The summed E-state index contributed by atoms with van der Waals surface area (Å²) in [6.45, 7) is 4.75. The Morgan fingerprint density at radius 1 is 0.912 bits per heavy atom. The quantitative estimate of drug-likeness (QED) is 0.319. The summed E-state index contributed by atoms with van der Waals surface area (Å²) in [6, 6.07) is 24.0. The molecule has 3 aromatic carbocycles. The van der Waals surface area contributed by atoms with Crippen LogP contribution in [0.5, 0.6) is 0 Å². The summed E-state index contributed by atoms with van der Waals surface area (Å²) in [5.74, 6) is 0. The van der Waals surface area contributed by atoms with Crippen LogP contribution in [-0.4, -0.2) is 46.2 Å². The van der Waals surface area contributed by atoms with E-state index in [2.05, 4.69) is 53.2 Å². The van der Waals surface area contributed by atoms with Gasteiger partial charge < -0.3 is 19.9 Å². The lowest BCUT2D eigenvalue weighted by molar-refractivity contribution is 0.271. The number of halogens is 2. The molecule has 0 saturated carbocycles. The maximum absolute atomic E-state index is 8.63. The molecule has 0 radical (unpaired) electrons. The van der Waals surface area contributed by atoms with Crippen molar-refractivity contribution in [3.8, 4) is 11.1 Å². The van der Waals surface area contributed by atoms with Crippen molar-refractivity contribution >= 4 is 46.7 Å². The predicted octanol–water partition coefficient (Wildman–Crippen LogP) is 5.53. The molecule has 1 atom stereocenters. The van der Waals surface area contributed by atoms with E-state index in [4.69, 9.17) is 33.2 Å². The first-order chi connectivity index (χ1) is 16.4. The van der Waals surface area contributed by atoms with Gasteiger partial charge in [-0.2, -0.15) is 0 Å². The van der Waals surface area contributed by atoms with Gasteiger partial charge in [-0.3, -0.25) is 0 Å². The highest BCUT2D eigenvalue weighted by Crippen LogP contribution is 2.26. The van der Waals surface area contributed by atoms with E-state index < -0.39 is 7.12 Å². The lowest BCUT2D eigenvalue weighted by Crippen LogP contribution is -2.29. The normalized spacial score (nSPS) is 15.9. The number of aromatic nitrogens is 1. The Bertz CT molecular complexity index is 1210. The number of hydrogen-bond acceptors (Lipinski definition) is 3. The number of rotatable bonds is 5. The average molecular weight is 495 g/mol. The van der Waals surface area contributed by atoms with Crippen molar-refractivity contribution in [2.45, 2.75) is 32.2 Å². The van der Waals surface area contributed by atoms with Crippen LogP contribution in [0.1, 0.15) is 25.5 Å². The molecule has 34 heavy (non-hydrogen) atoms. The van der Waals surface area contributed by atoms with E-state index in [-0.39, 0.29) is 0 Å². The fourth-order valence-corrected chi connectivity index (χ4v) is 4.63. The lowest BCUT2D eigenvalue weighted by Gasteiger charge is -2.20. The van der Waals surface area contributed by atoms with E-state index in [1.807, 2.05) is 12.1 Å². The molecule has 2 heterocycles. The molecule has 1 aromatic heterocycles. The molecule has 1 saturated heterocycles. The Morgan fingerprint density at radius 3 is 2.18 bits per heavy atom. The highest BCUT2D eigenvalue weighted by Gasteiger charge is 2.19. The molecular formula is C27H29BCl2N2O2. The monoisotopic (exact) mass is 494 g/mol. The minimum atomic E-state index is -1.41. The molecule has 0 amide bonds. The van der Waals surface area contributed by atoms with E-state index in [1.165, 1.54) is 47.1 Å². The van der Waals surface area contributed by atoms with Crippen LogP contribution in [0.3, 0.4) is 0 Å². The third kappa shape index (κ3) is 6.44. The van der Waals surface area contributed by atoms with Crippen LogP contribution in [0.4, 0.5) is 0 Å². The second-order valence-electron chi connectivity index (χ2n) is 8.81. The Labute approximate surface area is 211 Å². The topological polar surface area (TPSA) is 59.5 Å². The van der Waals surface area contributed by atoms with Gasteiger partial charge in [-0.1, -0.05) is 53.5 Å².